The summed E-state index contributed by atoms with van der Waals surface area (Å²) in [6, 6.07) is 33.6. The topological polar surface area (TPSA) is 44.4 Å². The van der Waals surface area contributed by atoms with Gasteiger partial charge in [0.2, 0.25) is 0 Å². The summed E-state index contributed by atoms with van der Waals surface area (Å²) in [6.45, 7) is 0. The lowest BCUT2D eigenvalue weighted by Crippen LogP contribution is -2.40. The average Bonchev–Trinajstić information content (AvgIpc) is 3.09. The van der Waals surface area contributed by atoms with Crippen LogP contribution >= 0.6 is 12.2 Å². The molecule has 0 saturated carbocycles. The fraction of sp³-hybridized carbons (Fsp3) is 0.125. The van der Waals surface area contributed by atoms with Crippen LogP contribution in [0.5, 0.6) is 0 Å². The molecular weight excluding hydrogens is 493 g/mol. The molecular formula is C32H26FN3OS. The Balaban J connectivity index is 1.52. The van der Waals surface area contributed by atoms with E-state index in [1.165, 1.54) is 12.1 Å². The quantitative estimate of drug-likeness (QED) is 0.273. The molecule has 188 valence electrons. The molecule has 1 aliphatic carbocycles. The van der Waals surface area contributed by atoms with Gasteiger partial charge in [0, 0.05) is 23.4 Å². The maximum Gasteiger partial charge on any atom is 0.178 e. The Labute approximate surface area is 226 Å². The second-order valence-corrected chi connectivity index (χ2v) is 9.98. The summed E-state index contributed by atoms with van der Waals surface area (Å²) in [4.78, 5) is 16.0. The summed E-state index contributed by atoms with van der Waals surface area (Å²) < 4.78 is 14.0. The largest absolute Gasteiger partial charge is 0.357 e. The molecule has 2 N–H and O–H groups in total. The maximum absolute atomic E-state index is 14.0. The zero-order valence-corrected chi connectivity index (χ0v) is 21.4. The number of fused-ring (bicyclic) bond motifs is 1. The molecule has 0 spiro atoms. The predicted octanol–water partition coefficient (Wildman–Crippen LogP) is 7.60. The SMILES string of the molecule is O=C1C[C@H](c2ccccc2)CC2=C1[C@H](c1ccc(F)cc1)N(C(=S)Nc1ccccc1)c1ccccc1N2. The monoisotopic (exact) mass is 519 g/mol. The molecule has 4 nitrogen and oxygen atoms in total. The highest BCUT2D eigenvalue weighted by Gasteiger charge is 2.40. The van der Waals surface area contributed by atoms with Crippen LogP contribution in [-0.4, -0.2) is 10.9 Å². The smallest absolute Gasteiger partial charge is 0.178 e. The second kappa shape index (κ2) is 10.2. The number of Topliss-reactive ketones (excluding diaryl/α,β-unsaturated/α-hetero) is 1. The number of allylic oxidation sites excluding steroid dienone is 1. The van der Waals surface area contributed by atoms with Gasteiger partial charge >= 0.3 is 0 Å². The van der Waals surface area contributed by atoms with Crippen LogP contribution in [0.15, 0.2) is 120 Å². The summed E-state index contributed by atoms with van der Waals surface area (Å²) in [6.07, 6.45) is 1.08. The fourth-order valence-corrected chi connectivity index (χ4v) is 5.76. The van der Waals surface area contributed by atoms with Crippen molar-refractivity contribution in [3.63, 3.8) is 0 Å². The molecule has 1 heterocycles. The Morgan fingerprint density at radius 3 is 2.21 bits per heavy atom. The van der Waals surface area contributed by atoms with Crippen molar-refractivity contribution < 1.29 is 9.18 Å². The number of ketones is 1. The fourth-order valence-electron chi connectivity index (χ4n) is 5.44. The van der Waals surface area contributed by atoms with E-state index < -0.39 is 6.04 Å². The molecule has 4 aromatic carbocycles. The summed E-state index contributed by atoms with van der Waals surface area (Å²) in [5.41, 5.74) is 6.03. The highest BCUT2D eigenvalue weighted by molar-refractivity contribution is 7.80. The molecule has 0 amide bonds. The Hall–Kier alpha value is -4.29. The third-order valence-electron chi connectivity index (χ3n) is 7.19. The molecule has 0 aromatic heterocycles. The van der Waals surface area contributed by atoms with Gasteiger partial charge in [-0.3, -0.25) is 4.79 Å². The molecule has 6 heteroatoms. The number of rotatable bonds is 3. The van der Waals surface area contributed by atoms with Crippen LogP contribution in [0.3, 0.4) is 0 Å². The first-order valence-corrected chi connectivity index (χ1v) is 13.1. The van der Waals surface area contributed by atoms with Gasteiger partial charge in [-0.05, 0) is 72.1 Å². The molecule has 0 saturated heterocycles. The number of carbonyl (C=O) groups is 1. The van der Waals surface area contributed by atoms with Crippen LogP contribution < -0.4 is 15.5 Å². The lowest BCUT2D eigenvalue weighted by Gasteiger charge is -2.36. The van der Waals surface area contributed by atoms with Crippen LogP contribution in [0.25, 0.3) is 0 Å². The molecule has 0 radical (unpaired) electrons. The van der Waals surface area contributed by atoms with Crippen LogP contribution in [0.2, 0.25) is 0 Å². The molecule has 0 fully saturated rings. The summed E-state index contributed by atoms with van der Waals surface area (Å²) in [5, 5.41) is 7.42. The van der Waals surface area contributed by atoms with Crippen molar-refractivity contribution >= 4 is 40.2 Å². The van der Waals surface area contributed by atoms with E-state index in [1.807, 2.05) is 77.7 Å². The Morgan fingerprint density at radius 1 is 0.816 bits per heavy atom. The number of anilines is 3. The van der Waals surface area contributed by atoms with E-state index in [0.717, 1.165) is 33.9 Å². The van der Waals surface area contributed by atoms with Crippen molar-refractivity contribution in [3.05, 3.63) is 137 Å². The third kappa shape index (κ3) is 4.59. The summed E-state index contributed by atoms with van der Waals surface area (Å²) in [7, 11) is 0. The van der Waals surface area contributed by atoms with Crippen molar-refractivity contribution in [2.24, 2.45) is 0 Å². The van der Waals surface area contributed by atoms with Gasteiger partial charge in [0.15, 0.2) is 10.9 Å². The number of para-hydroxylation sites is 3. The highest BCUT2D eigenvalue weighted by Crippen LogP contribution is 2.47. The molecule has 6 rings (SSSR count). The maximum atomic E-state index is 14.0. The number of nitrogens with zero attached hydrogens (tertiary/aromatic N) is 1. The van der Waals surface area contributed by atoms with Gasteiger partial charge in [-0.2, -0.15) is 0 Å². The third-order valence-corrected chi connectivity index (χ3v) is 7.49. The van der Waals surface area contributed by atoms with Gasteiger partial charge in [-0.1, -0.05) is 72.8 Å². The minimum Gasteiger partial charge on any atom is -0.357 e. The number of hydrogen-bond donors (Lipinski definition) is 2. The van der Waals surface area contributed by atoms with Crippen LogP contribution in [0.1, 0.15) is 35.9 Å². The zero-order chi connectivity index (χ0) is 26.1. The minimum absolute atomic E-state index is 0.0576. The molecule has 2 atom stereocenters. The number of nitrogens with one attached hydrogen (secondary N) is 2. The minimum atomic E-state index is -0.533. The van der Waals surface area contributed by atoms with Crippen molar-refractivity contribution in [2.75, 3.05) is 15.5 Å². The van der Waals surface area contributed by atoms with Gasteiger partial charge in [0.25, 0.3) is 0 Å². The van der Waals surface area contributed by atoms with E-state index >= 15 is 0 Å². The van der Waals surface area contributed by atoms with Crippen LogP contribution in [-0.2, 0) is 4.79 Å². The van der Waals surface area contributed by atoms with Crippen LogP contribution in [0, 0.1) is 5.82 Å². The van der Waals surface area contributed by atoms with Gasteiger partial charge in [-0.25, -0.2) is 4.39 Å². The van der Waals surface area contributed by atoms with Crippen molar-refractivity contribution in [2.45, 2.75) is 24.8 Å². The van der Waals surface area contributed by atoms with Crippen LogP contribution in [0.4, 0.5) is 21.5 Å². The van der Waals surface area contributed by atoms with Gasteiger partial charge < -0.3 is 15.5 Å². The molecule has 4 aromatic rings. The van der Waals surface area contributed by atoms with E-state index in [0.29, 0.717) is 23.5 Å². The van der Waals surface area contributed by atoms with E-state index in [2.05, 4.69) is 22.8 Å². The highest BCUT2D eigenvalue weighted by atomic mass is 32.1. The zero-order valence-electron chi connectivity index (χ0n) is 20.6. The first-order valence-electron chi connectivity index (χ1n) is 12.7. The number of benzene rings is 4. The number of thiocarbonyl (C=S) groups is 1. The number of carbonyl (C=O) groups excluding carboxylic acids is 1. The second-order valence-electron chi connectivity index (χ2n) is 9.59. The van der Waals surface area contributed by atoms with E-state index in [-0.39, 0.29) is 17.5 Å². The first kappa shape index (κ1) is 24.1. The Bertz CT molecular complexity index is 1520. The van der Waals surface area contributed by atoms with Crippen molar-refractivity contribution in [1.29, 1.82) is 0 Å². The lowest BCUT2D eigenvalue weighted by atomic mass is 9.78. The van der Waals surface area contributed by atoms with Crippen molar-refractivity contribution in [1.82, 2.24) is 0 Å². The molecule has 2 aliphatic rings. The normalized spacial score (nSPS) is 18.7. The average molecular weight is 520 g/mol. The molecule has 0 bridgehead atoms. The molecule has 0 unspecified atom stereocenters. The Morgan fingerprint density at radius 2 is 1.47 bits per heavy atom. The summed E-state index contributed by atoms with van der Waals surface area (Å²) in [5.74, 6) is -0.204. The lowest BCUT2D eigenvalue weighted by molar-refractivity contribution is -0.116. The van der Waals surface area contributed by atoms with E-state index in [4.69, 9.17) is 12.2 Å². The predicted molar refractivity (Wildman–Crippen MR) is 155 cm³/mol. The molecule has 38 heavy (non-hydrogen) atoms. The van der Waals surface area contributed by atoms with E-state index in [1.54, 1.807) is 12.1 Å². The number of halogens is 1. The first-order chi connectivity index (χ1) is 18.6. The van der Waals surface area contributed by atoms with Crippen molar-refractivity contribution in [3.8, 4) is 0 Å². The standard InChI is InChI=1S/C32H26FN3OS/c33-24-17-15-22(16-18-24)31-30-27(19-23(20-29(30)37)21-9-3-1-4-10-21)35-26-13-7-8-14-28(26)36(31)32(38)34-25-11-5-2-6-12-25/h1-18,23,31,35H,19-20H2,(H,34,38)/t23-,31+/m1/s1. The van der Waals surface area contributed by atoms with Gasteiger partial charge in [0.1, 0.15) is 5.82 Å². The van der Waals surface area contributed by atoms with Gasteiger partial charge in [0.05, 0.1) is 17.4 Å². The molecule has 1 aliphatic heterocycles. The summed E-state index contributed by atoms with van der Waals surface area (Å²) >= 11 is 6.01. The Kier molecular flexibility index (Phi) is 6.48. The number of hydrogen-bond acceptors (Lipinski definition) is 3. The van der Waals surface area contributed by atoms with E-state index in [9.17, 15) is 9.18 Å². The van der Waals surface area contributed by atoms with Gasteiger partial charge in [-0.15, -0.1) is 0 Å².